The molecule has 0 atom stereocenters. The van der Waals surface area contributed by atoms with Gasteiger partial charge in [0.05, 0.1) is 5.02 Å². The molecule has 0 bridgehead atoms. The molecule has 92 valence electrons. The second-order valence-electron chi connectivity index (χ2n) is 2.82. The van der Waals surface area contributed by atoms with Crippen molar-refractivity contribution in [2.45, 2.75) is 6.18 Å². The molecule has 0 aliphatic heterocycles. The predicted octanol–water partition coefficient (Wildman–Crippen LogP) is 2.15. The monoisotopic (exact) mass is 269 g/mol. The van der Waals surface area contributed by atoms with Crippen LogP contribution in [0.15, 0.2) is 6.07 Å². The van der Waals surface area contributed by atoms with Crippen LogP contribution in [0.5, 0.6) is 0 Å². The third-order valence-corrected chi connectivity index (χ3v) is 1.98. The number of alkyl halides is 3. The summed E-state index contributed by atoms with van der Waals surface area (Å²) in [4.78, 5) is 24.0. The highest BCUT2D eigenvalue weighted by atomic mass is 35.5. The molecule has 5 nitrogen and oxygen atoms in total. The van der Waals surface area contributed by atoms with Crippen molar-refractivity contribution < 1.29 is 33.0 Å². The zero-order chi connectivity index (χ0) is 13.4. The molecule has 1 heterocycles. The molecule has 1 rings (SSSR count). The first-order valence-corrected chi connectivity index (χ1v) is 4.26. The molecule has 17 heavy (non-hydrogen) atoms. The maximum atomic E-state index is 12.3. The third kappa shape index (κ3) is 2.64. The first-order chi connectivity index (χ1) is 7.64. The van der Waals surface area contributed by atoms with Crippen LogP contribution in [0.2, 0.25) is 5.02 Å². The first kappa shape index (κ1) is 13.2. The van der Waals surface area contributed by atoms with Crippen LogP contribution < -0.4 is 0 Å². The molecule has 1 aromatic rings. The summed E-state index contributed by atoms with van der Waals surface area (Å²) in [5.74, 6) is -3.68. The van der Waals surface area contributed by atoms with Crippen LogP contribution in [0.1, 0.15) is 26.5 Å². The Balaban J connectivity index is 3.58. The van der Waals surface area contributed by atoms with Gasteiger partial charge in [0.25, 0.3) is 0 Å². The van der Waals surface area contributed by atoms with Crippen molar-refractivity contribution in [3.63, 3.8) is 0 Å². The SMILES string of the molecule is O=C(O)c1nc(C(F)(F)F)cc(Cl)c1C(=O)O. The lowest BCUT2D eigenvalue weighted by Gasteiger charge is -2.09. The van der Waals surface area contributed by atoms with Crippen molar-refractivity contribution >= 4 is 23.5 Å². The van der Waals surface area contributed by atoms with E-state index in [1.165, 1.54) is 0 Å². The van der Waals surface area contributed by atoms with E-state index in [2.05, 4.69) is 4.98 Å². The van der Waals surface area contributed by atoms with E-state index < -0.39 is 40.1 Å². The van der Waals surface area contributed by atoms with E-state index in [4.69, 9.17) is 21.8 Å². The minimum Gasteiger partial charge on any atom is -0.478 e. The van der Waals surface area contributed by atoms with Gasteiger partial charge in [-0.15, -0.1) is 0 Å². The van der Waals surface area contributed by atoms with Crippen molar-refractivity contribution in [3.05, 3.63) is 28.0 Å². The highest BCUT2D eigenvalue weighted by Crippen LogP contribution is 2.31. The van der Waals surface area contributed by atoms with Gasteiger partial charge in [0.2, 0.25) is 0 Å². The largest absolute Gasteiger partial charge is 0.478 e. The summed E-state index contributed by atoms with van der Waals surface area (Å²) in [6, 6.07) is 0.261. The number of carboxylic acids is 2. The van der Waals surface area contributed by atoms with Crippen molar-refractivity contribution in [1.82, 2.24) is 4.98 Å². The fourth-order valence-electron chi connectivity index (χ4n) is 1.02. The van der Waals surface area contributed by atoms with Crippen molar-refractivity contribution in [3.8, 4) is 0 Å². The molecule has 2 N–H and O–H groups in total. The Hall–Kier alpha value is -1.83. The van der Waals surface area contributed by atoms with Crippen molar-refractivity contribution in [1.29, 1.82) is 0 Å². The van der Waals surface area contributed by atoms with Gasteiger partial charge in [-0.2, -0.15) is 13.2 Å². The van der Waals surface area contributed by atoms with Gasteiger partial charge in [-0.1, -0.05) is 11.6 Å². The highest BCUT2D eigenvalue weighted by Gasteiger charge is 2.36. The molecule has 0 spiro atoms. The smallest absolute Gasteiger partial charge is 0.433 e. The average Bonchev–Trinajstić information content (AvgIpc) is 2.13. The summed E-state index contributed by atoms with van der Waals surface area (Å²) < 4.78 is 36.8. The molecule has 0 amide bonds. The predicted molar refractivity (Wildman–Crippen MR) is 48.2 cm³/mol. The van der Waals surface area contributed by atoms with E-state index >= 15 is 0 Å². The molecule has 9 heteroatoms. The van der Waals surface area contributed by atoms with Gasteiger partial charge in [-0.25, -0.2) is 14.6 Å². The molecular weight excluding hydrogens is 267 g/mol. The van der Waals surface area contributed by atoms with Crippen LogP contribution in [0.25, 0.3) is 0 Å². The fourth-order valence-corrected chi connectivity index (χ4v) is 1.29. The molecule has 1 aromatic heterocycles. The number of nitrogens with zero attached hydrogens (tertiary/aromatic N) is 1. The number of hydrogen-bond donors (Lipinski definition) is 2. The second-order valence-corrected chi connectivity index (χ2v) is 3.23. The van der Waals surface area contributed by atoms with Crippen LogP contribution in [0.4, 0.5) is 13.2 Å². The van der Waals surface area contributed by atoms with Crippen LogP contribution in [-0.2, 0) is 6.18 Å². The fraction of sp³-hybridized carbons (Fsp3) is 0.125. The van der Waals surface area contributed by atoms with E-state index in [0.717, 1.165) is 0 Å². The van der Waals surface area contributed by atoms with Gasteiger partial charge in [-0.05, 0) is 6.07 Å². The minimum absolute atomic E-state index is 0.261. The molecule has 0 aliphatic carbocycles. The number of carboxylic acid groups (broad SMARTS) is 2. The minimum atomic E-state index is -4.91. The van der Waals surface area contributed by atoms with Crippen molar-refractivity contribution in [2.75, 3.05) is 0 Å². The highest BCUT2D eigenvalue weighted by molar-refractivity contribution is 6.34. The number of carbonyl (C=O) groups is 2. The van der Waals surface area contributed by atoms with Gasteiger partial charge >= 0.3 is 18.1 Å². The maximum absolute atomic E-state index is 12.3. The quantitative estimate of drug-likeness (QED) is 0.859. The zero-order valence-corrected chi connectivity index (χ0v) is 8.50. The van der Waals surface area contributed by atoms with Gasteiger partial charge < -0.3 is 10.2 Å². The molecule has 0 fully saturated rings. The van der Waals surface area contributed by atoms with E-state index in [1.807, 2.05) is 0 Å². The van der Waals surface area contributed by atoms with E-state index in [0.29, 0.717) is 0 Å². The first-order valence-electron chi connectivity index (χ1n) is 3.89. The lowest BCUT2D eigenvalue weighted by atomic mass is 10.1. The number of hydrogen-bond acceptors (Lipinski definition) is 3. The average molecular weight is 270 g/mol. The zero-order valence-electron chi connectivity index (χ0n) is 7.75. The van der Waals surface area contributed by atoms with Gasteiger partial charge in [0, 0.05) is 0 Å². The van der Waals surface area contributed by atoms with Crippen LogP contribution >= 0.6 is 11.6 Å². The van der Waals surface area contributed by atoms with Crippen molar-refractivity contribution in [2.24, 2.45) is 0 Å². The van der Waals surface area contributed by atoms with Gasteiger partial charge in [-0.3, -0.25) is 0 Å². The maximum Gasteiger partial charge on any atom is 0.433 e. The van der Waals surface area contributed by atoms with Gasteiger partial charge in [0.1, 0.15) is 11.3 Å². The van der Waals surface area contributed by atoms with Crippen LogP contribution in [0, 0.1) is 0 Å². The summed E-state index contributed by atoms with van der Waals surface area (Å²) >= 11 is 5.30. The van der Waals surface area contributed by atoms with E-state index in [-0.39, 0.29) is 6.07 Å². The number of aromatic carboxylic acids is 2. The second kappa shape index (κ2) is 4.21. The molecule has 0 radical (unpaired) electrons. The standard InChI is InChI=1S/C8H3ClF3NO4/c9-2-1-3(8(10,11)12)13-5(7(16)17)4(2)6(14)15/h1H,(H,14,15)(H,16,17). The molecule has 0 aromatic carbocycles. The Morgan fingerprint density at radius 1 is 1.24 bits per heavy atom. The lowest BCUT2D eigenvalue weighted by molar-refractivity contribution is -0.141. The number of rotatable bonds is 2. The van der Waals surface area contributed by atoms with Crippen LogP contribution in [0.3, 0.4) is 0 Å². The Morgan fingerprint density at radius 3 is 2.12 bits per heavy atom. The van der Waals surface area contributed by atoms with Gasteiger partial charge in [0.15, 0.2) is 5.69 Å². The molecular formula is C8H3ClF3NO4. The molecule has 0 saturated carbocycles. The topological polar surface area (TPSA) is 87.5 Å². The number of halogens is 4. The van der Waals surface area contributed by atoms with Crippen LogP contribution in [-0.4, -0.2) is 27.1 Å². The molecule has 0 saturated heterocycles. The number of pyridine rings is 1. The third-order valence-electron chi connectivity index (χ3n) is 1.68. The lowest BCUT2D eigenvalue weighted by Crippen LogP contribution is -2.17. The summed E-state index contributed by atoms with van der Waals surface area (Å²) in [5.41, 5.74) is -3.80. The molecule has 0 aliphatic rings. The Morgan fingerprint density at radius 2 is 1.76 bits per heavy atom. The van der Waals surface area contributed by atoms with E-state index in [9.17, 15) is 22.8 Å². The Labute approximate surface area is 96.5 Å². The molecule has 0 unspecified atom stereocenters. The van der Waals surface area contributed by atoms with E-state index in [1.54, 1.807) is 0 Å². The summed E-state index contributed by atoms with van der Waals surface area (Å²) in [6.07, 6.45) is -4.91. The summed E-state index contributed by atoms with van der Waals surface area (Å²) in [6.45, 7) is 0. The normalized spacial score (nSPS) is 11.3. The number of aromatic nitrogens is 1. The Kier molecular flexibility index (Phi) is 3.28. The summed E-state index contributed by atoms with van der Waals surface area (Å²) in [7, 11) is 0. The Bertz CT molecular complexity index is 500. The summed E-state index contributed by atoms with van der Waals surface area (Å²) in [5, 5.41) is 16.4.